The maximum Gasteiger partial charge on any atom is 0.244 e. The Balaban J connectivity index is 1.83. The predicted molar refractivity (Wildman–Crippen MR) is 86.3 cm³/mol. The molecule has 1 fully saturated rings. The molecule has 1 aliphatic rings. The van der Waals surface area contributed by atoms with E-state index in [1.165, 1.54) is 17.1 Å². The summed E-state index contributed by atoms with van der Waals surface area (Å²) in [6, 6.07) is 7.24. The maximum atomic E-state index is 12.5. The Hall–Kier alpha value is -1.90. The predicted octanol–water partition coefficient (Wildman–Crippen LogP) is 0.911. The summed E-state index contributed by atoms with van der Waals surface area (Å²) in [5.41, 5.74) is 0.691. The molecule has 8 heteroatoms. The number of nitrogens with one attached hydrogen (secondary N) is 2. The number of rotatable bonds is 5. The van der Waals surface area contributed by atoms with Crippen molar-refractivity contribution in [1.82, 2.24) is 19.8 Å². The van der Waals surface area contributed by atoms with E-state index in [-0.39, 0.29) is 10.9 Å². The van der Waals surface area contributed by atoms with E-state index in [0.717, 1.165) is 19.4 Å². The second-order valence-electron chi connectivity index (χ2n) is 5.46. The first-order chi connectivity index (χ1) is 11.1. The van der Waals surface area contributed by atoms with Crippen molar-refractivity contribution >= 4 is 10.0 Å². The average molecular weight is 336 g/mol. The molecule has 1 aromatic heterocycles. The summed E-state index contributed by atoms with van der Waals surface area (Å²) in [6.07, 6.45) is 4.65. The van der Waals surface area contributed by atoms with Crippen LogP contribution < -0.4 is 14.8 Å². The van der Waals surface area contributed by atoms with Crippen molar-refractivity contribution in [3.05, 3.63) is 36.7 Å². The lowest BCUT2D eigenvalue weighted by Crippen LogP contribution is -2.45. The largest absolute Gasteiger partial charge is 0.494 e. The second-order valence-corrected chi connectivity index (χ2v) is 7.17. The van der Waals surface area contributed by atoms with Gasteiger partial charge in [0, 0.05) is 12.6 Å². The van der Waals surface area contributed by atoms with Crippen molar-refractivity contribution in [3.63, 3.8) is 0 Å². The normalized spacial score (nSPS) is 18.7. The molecule has 1 atom stereocenters. The summed E-state index contributed by atoms with van der Waals surface area (Å²) in [5, 5.41) is 7.35. The van der Waals surface area contributed by atoms with Gasteiger partial charge in [0.05, 0.1) is 19.5 Å². The quantitative estimate of drug-likeness (QED) is 0.848. The highest BCUT2D eigenvalue weighted by Crippen LogP contribution is 2.22. The lowest BCUT2D eigenvalue weighted by atomic mass is 10.1. The van der Waals surface area contributed by atoms with Gasteiger partial charge in [-0.25, -0.2) is 17.8 Å². The van der Waals surface area contributed by atoms with Crippen LogP contribution in [0.2, 0.25) is 0 Å². The zero-order chi connectivity index (χ0) is 16.3. The molecular weight excluding hydrogens is 316 g/mol. The Bertz CT molecular complexity index is 767. The Labute approximate surface area is 135 Å². The van der Waals surface area contributed by atoms with Gasteiger partial charge < -0.3 is 10.1 Å². The summed E-state index contributed by atoms with van der Waals surface area (Å²) in [6.45, 7) is 1.59. The fraction of sp³-hybridized carbons (Fsp3) is 0.400. The van der Waals surface area contributed by atoms with E-state index >= 15 is 0 Å². The highest BCUT2D eigenvalue weighted by molar-refractivity contribution is 7.89. The number of hydrogen-bond donors (Lipinski definition) is 2. The van der Waals surface area contributed by atoms with E-state index in [0.29, 0.717) is 18.0 Å². The summed E-state index contributed by atoms with van der Waals surface area (Å²) in [4.78, 5) is 0.147. The van der Waals surface area contributed by atoms with Gasteiger partial charge in [-0.1, -0.05) is 12.1 Å². The molecule has 124 valence electrons. The number of ether oxygens (including phenoxy) is 1. The molecule has 3 rings (SSSR count). The van der Waals surface area contributed by atoms with Gasteiger partial charge in [0.1, 0.15) is 16.3 Å². The first kappa shape index (κ1) is 16.0. The minimum Gasteiger partial charge on any atom is -0.494 e. The lowest BCUT2D eigenvalue weighted by Gasteiger charge is -2.23. The fourth-order valence-electron chi connectivity index (χ4n) is 2.64. The van der Waals surface area contributed by atoms with E-state index in [1.54, 1.807) is 13.2 Å². The molecule has 0 radical (unpaired) electrons. The Kier molecular flexibility index (Phi) is 4.65. The molecule has 0 spiro atoms. The minimum absolute atomic E-state index is 0.0802. The number of piperidine rings is 1. The number of benzene rings is 1. The fourth-order valence-corrected chi connectivity index (χ4v) is 3.84. The van der Waals surface area contributed by atoms with Crippen LogP contribution in [0.25, 0.3) is 5.69 Å². The van der Waals surface area contributed by atoms with Crippen molar-refractivity contribution < 1.29 is 13.2 Å². The Morgan fingerprint density at radius 1 is 1.39 bits per heavy atom. The Morgan fingerprint density at radius 3 is 2.96 bits per heavy atom. The number of methoxy groups -OCH3 is 1. The third kappa shape index (κ3) is 3.54. The van der Waals surface area contributed by atoms with Gasteiger partial charge in [-0.05, 0) is 31.5 Å². The smallest absolute Gasteiger partial charge is 0.244 e. The van der Waals surface area contributed by atoms with Gasteiger partial charge >= 0.3 is 0 Å². The molecule has 7 nitrogen and oxygen atoms in total. The third-order valence-corrected chi connectivity index (χ3v) is 5.29. The summed E-state index contributed by atoms with van der Waals surface area (Å²) < 4.78 is 34.5. The number of aromatic nitrogens is 2. The monoisotopic (exact) mass is 336 g/mol. The molecule has 1 aromatic carbocycles. The summed E-state index contributed by atoms with van der Waals surface area (Å²) in [5.74, 6) is 0.629. The second kappa shape index (κ2) is 6.69. The summed E-state index contributed by atoms with van der Waals surface area (Å²) in [7, 11) is -2.01. The molecule has 1 saturated heterocycles. The average Bonchev–Trinajstić information content (AvgIpc) is 3.06. The molecular formula is C15H20N4O3S. The SMILES string of the molecule is COc1ccccc1-n1cc(S(=O)(=O)NC2CCCNC2)cn1. The molecule has 0 amide bonds. The van der Waals surface area contributed by atoms with Gasteiger partial charge in [0.25, 0.3) is 0 Å². The highest BCUT2D eigenvalue weighted by atomic mass is 32.2. The Morgan fingerprint density at radius 2 is 2.22 bits per heavy atom. The zero-order valence-electron chi connectivity index (χ0n) is 12.9. The molecule has 2 aromatic rings. The van der Waals surface area contributed by atoms with Gasteiger partial charge in [-0.3, -0.25) is 0 Å². The van der Waals surface area contributed by atoms with Crippen molar-refractivity contribution in [2.24, 2.45) is 0 Å². The van der Waals surface area contributed by atoms with Gasteiger partial charge in [0.2, 0.25) is 10.0 Å². The van der Waals surface area contributed by atoms with Gasteiger partial charge in [-0.2, -0.15) is 5.10 Å². The first-order valence-corrected chi connectivity index (χ1v) is 8.99. The van der Waals surface area contributed by atoms with Crippen LogP contribution in [0.15, 0.2) is 41.6 Å². The number of para-hydroxylation sites is 2. The lowest BCUT2D eigenvalue weighted by molar-refractivity contribution is 0.411. The number of nitrogens with zero attached hydrogens (tertiary/aromatic N) is 2. The molecule has 23 heavy (non-hydrogen) atoms. The van der Waals surface area contributed by atoms with E-state index in [9.17, 15) is 8.42 Å². The van der Waals surface area contributed by atoms with E-state index in [2.05, 4.69) is 15.1 Å². The van der Waals surface area contributed by atoms with Crippen LogP contribution in [0.3, 0.4) is 0 Å². The van der Waals surface area contributed by atoms with Crippen molar-refractivity contribution in [3.8, 4) is 11.4 Å². The number of hydrogen-bond acceptors (Lipinski definition) is 5. The van der Waals surface area contributed by atoms with Gasteiger partial charge in [-0.15, -0.1) is 0 Å². The molecule has 0 saturated carbocycles. The van der Waals surface area contributed by atoms with Gasteiger partial charge in [0.15, 0.2) is 0 Å². The van der Waals surface area contributed by atoms with Crippen molar-refractivity contribution in [2.75, 3.05) is 20.2 Å². The van der Waals surface area contributed by atoms with Crippen LogP contribution in [-0.2, 0) is 10.0 Å². The van der Waals surface area contributed by atoms with Crippen molar-refractivity contribution in [1.29, 1.82) is 0 Å². The van der Waals surface area contributed by atoms with Crippen LogP contribution in [0.1, 0.15) is 12.8 Å². The molecule has 0 bridgehead atoms. The number of sulfonamides is 1. The standard InChI is InChI=1S/C15H20N4O3S/c1-22-15-7-3-2-6-14(15)19-11-13(10-17-19)23(20,21)18-12-5-4-8-16-9-12/h2-3,6-7,10-12,16,18H,4-5,8-9H2,1H3. The molecule has 1 aliphatic heterocycles. The molecule has 1 unspecified atom stereocenters. The van der Waals surface area contributed by atoms with Crippen LogP contribution in [-0.4, -0.2) is 44.4 Å². The van der Waals surface area contributed by atoms with Crippen LogP contribution in [0, 0.1) is 0 Å². The van der Waals surface area contributed by atoms with Crippen LogP contribution in [0.4, 0.5) is 0 Å². The minimum atomic E-state index is -3.58. The topological polar surface area (TPSA) is 85.2 Å². The van der Waals surface area contributed by atoms with Crippen LogP contribution in [0.5, 0.6) is 5.75 Å². The van der Waals surface area contributed by atoms with E-state index in [1.807, 2.05) is 18.2 Å². The van der Waals surface area contributed by atoms with Crippen molar-refractivity contribution in [2.45, 2.75) is 23.8 Å². The first-order valence-electron chi connectivity index (χ1n) is 7.51. The maximum absolute atomic E-state index is 12.5. The van der Waals surface area contributed by atoms with E-state index < -0.39 is 10.0 Å². The van der Waals surface area contributed by atoms with E-state index in [4.69, 9.17) is 4.74 Å². The molecule has 2 N–H and O–H groups in total. The summed E-state index contributed by atoms with van der Waals surface area (Å²) >= 11 is 0. The zero-order valence-corrected chi connectivity index (χ0v) is 13.7. The molecule has 0 aliphatic carbocycles. The van der Waals surface area contributed by atoms with Crippen LogP contribution >= 0.6 is 0 Å². The highest BCUT2D eigenvalue weighted by Gasteiger charge is 2.23. The molecule has 2 heterocycles. The third-order valence-electron chi connectivity index (χ3n) is 3.82.